The summed E-state index contributed by atoms with van der Waals surface area (Å²) in [5.74, 6) is -0.669. The Morgan fingerprint density at radius 3 is 2.56 bits per heavy atom. The third kappa shape index (κ3) is 7.02. The normalized spacial score (nSPS) is 20.9. The first-order chi connectivity index (χ1) is 11.6. The Labute approximate surface area is 149 Å². The lowest BCUT2D eigenvalue weighted by molar-refractivity contribution is -0.143. The molecule has 6 heteroatoms. The molecule has 0 spiro atoms. The molecule has 0 bridgehead atoms. The van der Waals surface area contributed by atoms with E-state index < -0.39 is 17.5 Å². The maximum atomic E-state index is 12.1. The maximum absolute atomic E-state index is 12.1. The minimum atomic E-state index is -0.669. The summed E-state index contributed by atoms with van der Waals surface area (Å²) in [4.78, 5) is 12.1. The summed E-state index contributed by atoms with van der Waals surface area (Å²) in [5, 5.41) is 2.85. The van der Waals surface area contributed by atoms with Crippen molar-refractivity contribution in [3.05, 3.63) is 35.9 Å². The fraction of sp³-hybridized carbons (Fsp3) is 0.632. The van der Waals surface area contributed by atoms with Gasteiger partial charge < -0.3 is 24.3 Å². The predicted molar refractivity (Wildman–Crippen MR) is 94.2 cm³/mol. The second-order valence-corrected chi connectivity index (χ2v) is 7.62. The number of carbonyl (C=O) groups is 1. The lowest BCUT2D eigenvalue weighted by atomic mass is 10.2. The molecule has 0 aliphatic carbocycles. The molecule has 2 atom stereocenters. The highest BCUT2D eigenvalue weighted by molar-refractivity contribution is 5.68. The van der Waals surface area contributed by atoms with E-state index >= 15 is 0 Å². The number of hydrogen-bond acceptors (Lipinski definition) is 5. The second kappa shape index (κ2) is 8.17. The zero-order chi connectivity index (χ0) is 18.5. The smallest absolute Gasteiger partial charge is 0.408 e. The van der Waals surface area contributed by atoms with Crippen LogP contribution in [0, 0.1) is 0 Å². The third-order valence-electron chi connectivity index (χ3n) is 3.59. The standard InChI is InChI=1S/C19H29NO5/c1-18(2,3)25-17(21)20-15(16-13-23-19(4,5)24-16)12-22-11-14-9-7-6-8-10-14/h6-10,15-16H,11-13H2,1-5H3,(H,20,21)/t15-,16-/m1/s1. The van der Waals surface area contributed by atoms with Crippen LogP contribution in [0.15, 0.2) is 30.3 Å². The first-order valence-electron chi connectivity index (χ1n) is 8.58. The molecule has 140 valence electrons. The fourth-order valence-corrected chi connectivity index (χ4v) is 2.49. The maximum Gasteiger partial charge on any atom is 0.408 e. The Hall–Kier alpha value is -1.63. The molecular weight excluding hydrogens is 322 g/mol. The Kier molecular flexibility index (Phi) is 6.43. The van der Waals surface area contributed by atoms with E-state index in [0.717, 1.165) is 5.56 Å². The molecule has 25 heavy (non-hydrogen) atoms. The highest BCUT2D eigenvalue weighted by Gasteiger charge is 2.38. The second-order valence-electron chi connectivity index (χ2n) is 7.62. The van der Waals surface area contributed by atoms with E-state index in [1.54, 1.807) is 0 Å². The molecule has 1 aromatic rings. The molecule has 2 rings (SSSR count). The molecule has 1 saturated heterocycles. The molecule has 1 aliphatic rings. The van der Waals surface area contributed by atoms with Crippen LogP contribution in [0.4, 0.5) is 4.79 Å². The number of alkyl carbamates (subject to hydrolysis) is 1. The van der Waals surface area contributed by atoms with Gasteiger partial charge in [0.25, 0.3) is 0 Å². The number of nitrogens with one attached hydrogen (secondary N) is 1. The van der Waals surface area contributed by atoms with Crippen molar-refractivity contribution in [3.63, 3.8) is 0 Å². The van der Waals surface area contributed by atoms with Gasteiger partial charge in [0.2, 0.25) is 0 Å². The van der Waals surface area contributed by atoms with Crippen LogP contribution in [0.1, 0.15) is 40.2 Å². The van der Waals surface area contributed by atoms with Crippen molar-refractivity contribution in [1.29, 1.82) is 0 Å². The molecule has 0 aromatic heterocycles. The topological polar surface area (TPSA) is 66.0 Å². The summed E-state index contributed by atoms with van der Waals surface area (Å²) in [7, 11) is 0. The molecule has 6 nitrogen and oxygen atoms in total. The van der Waals surface area contributed by atoms with Crippen LogP contribution in [-0.2, 0) is 25.6 Å². The van der Waals surface area contributed by atoms with Crippen LogP contribution in [0.2, 0.25) is 0 Å². The Morgan fingerprint density at radius 1 is 1.32 bits per heavy atom. The van der Waals surface area contributed by atoms with Crippen LogP contribution in [0.25, 0.3) is 0 Å². The molecule has 1 heterocycles. The van der Waals surface area contributed by atoms with Crippen molar-refractivity contribution in [2.45, 2.75) is 64.8 Å². The van der Waals surface area contributed by atoms with Crippen LogP contribution in [-0.4, -0.2) is 42.8 Å². The van der Waals surface area contributed by atoms with E-state index in [2.05, 4.69) is 5.32 Å². The van der Waals surface area contributed by atoms with Crippen LogP contribution in [0.3, 0.4) is 0 Å². The van der Waals surface area contributed by atoms with Crippen molar-refractivity contribution in [1.82, 2.24) is 5.32 Å². The number of amides is 1. The number of carbonyl (C=O) groups excluding carboxylic acids is 1. The molecule has 1 amide bonds. The quantitative estimate of drug-likeness (QED) is 0.852. The number of ether oxygens (including phenoxy) is 4. The highest BCUT2D eigenvalue weighted by atomic mass is 16.7. The average Bonchev–Trinajstić information content (AvgIpc) is 2.85. The van der Waals surface area contributed by atoms with Gasteiger partial charge in [0.1, 0.15) is 11.7 Å². The van der Waals surface area contributed by atoms with Crippen LogP contribution < -0.4 is 5.32 Å². The Balaban J connectivity index is 1.93. The molecule has 0 saturated carbocycles. The first kappa shape index (κ1) is 19.7. The summed E-state index contributed by atoms with van der Waals surface area (Å²) in [6, 6.07) is 9.52. The summed E-state index contributed by atoms with van der Waals surface area (Å²) in [6.45, 7) is 10.3. The molecule has 1 N–H and O–H groups in total. The van der Waals surface area contributed by atoms with Gasteiger partial charge in [-0.2, -0.15) is 0 Å². The monoisotopic (exact) mass is 351 g/mol. The lowest BCUT2D eigenvalue weighted by Gasteiger charge is -2.27. The van der Waals surface area contributed by atoms with Crippen molar-refractivity contribution in [3.8, 4) is 0 Å². The van der Waals surface area contributed by atoms with Crippen molar-refractivity contribution < 1.29 is 23.7 Å². The van der Waals surface area contributed by atoms with Gasteiger partial charge in [0.15, 0.2) is 5.79 Å². The molecule has 1 fully saturated rings. The third-order valence-corrected chi connectivity index (χ3v) is 3.59. The van der Waals surface area contributed by atoms with Crippen molar-refractivity contribution in [2.24, 2.45) is 0 Å². The number of rotatable bonds is 6. The summed E-state index contributed by atoms with van der Waals surface area (Å²) in [5.41, 5.74) is 0.508. The molecule has 0 radical (unpaired) electrons. The van der Waals surface area contributed by atoms with Gasteiger partial charge in [-0.1, -0.05) is 30.3 Å². The molecular formula is C19H29NO5. The largest absolute Gasteiger partial charge is 0.444 e. The van der Waals surface area contributed by atoms with E-state index in [0.29, 0.717) is 19.8 Å². The first-order valence-corrected chi connectivity index (χ1v) is 8.58. The van der Waals surface area contributed by atoms with Gasteiger partial charge in [-0.15, -0.1) is 0 Å². The van der Waals surface area contributed by atoms with Gasteiger partial charge in [-0.3, -0.25) is 0 Å². The zero-order valence-electron chi connectivity index (χ0n) is 15.7. The SMILES string of the molecule is CC(C)(C)OC(=O)N[C@H](COCc1ccccc1)[C@H]1COC(C)(C)O1. The van der Waals surface area contributed by atoms with E-state index in [9.17, 15) is 4.79 Å². The van der Waals surface area contributed by atoms with Crippen LogP contribution >= 0.6 is 0 Å². The number of hydrogen-bond donors (Lipinski definition) is 1. The van der Waals surface area contributed by atoms with Gasteiger partial charge in [0, 0.05) is 0 Å². The predicted octanol–water partition coefficient (Wildman–Crippen LogP) is 3.25. The Morgan fingerprint density at radius 2 is 2.00 bits per heavy atom. The Bertz CT molecular complexity index is 553. The molecule has 1 aliphatic heterocycles. The lowest BCUT2D eigenvalue weighted by Crippen LogP contribution is -2.49. The van der Waals surface area contributed by atoms with Gasteiger partial charge in [-0.05, 0) is 40.2 Å². The van der Waals surface area contributed by atoms with Crippen molar-refractivity contribution >= 4 is 6.09 Å². The summed E-state index contributed by atoms with van der Waals surface area (Å²) < 4.78 is 22.6. The molecule has 0 unspecified atom stereocenters. The fourth-order valence-electron chi connectivity index (χ4n) is 2.49. The van der Waals surface area contributed by atoms with Gasteiger partial charge in [0.05, 0.1) is 25.9 Å². The number of benzene rings is 1. The summed E-state index contributed by atoms with van der Waals surface area (Å²) in [6.07, 6.45) is -0.785. The summed E-state index contributed by atoms with van der Waals surface area (Å²) >= 11 is 0. The van der Waals surface area contributed by atoms with Gasteiger partial charge >= 0.3 is 6.09 Å². The van der Waals surface area contributed by atoms with Crippen LogP contribution in [0.5, 0.6) is 0 Å². The molecule has 1 aromatic carbocycles. The van der Waals surface area contributed by atoms with E-state index in [4.69, 9.17) is 18.9 Å². The minimum Gasteiger partial charge on any atom is -0.444 e. The average molecular weight is 351 g/mol. The minimum absolute atomic E-state index is 0.293. The van der Waals surface area contributed by atoms with Crippen molar-refractivity contribution in [2.75, 3.05) is 13.2 Å². The highest BCUT2D eigenvalue weighted by Crippen LogP contribution is 2.24. The van der Waals surface area contributed by atoms with E-state index in [1.165, 1.54) is 0 Å². The van der Waals surface area contributed by atoms with E-state index in [-0.39, 0.29) is 12.1 Å². The van der Waals surface area contributed by atoms with E-state index in [1.807, 2.05) is 65.0 Å². The van der Waals surface area contributed by atoms with Gasteiger partial charge in [-0.25, -0.2) is 4.79 Å². The zero-order valence-corrected chi connectivity index (χ0v) is 15.7.